The number of esters is 1. The number of hydrogen-bond acceptors (Lipinski definition) is 5. The van der Waals surface area contributed by atoms with Gasteiger partial charge in [-0.05, 0) is 49.2 Å². The third-order valence-electron chi connectivity index (χ3n) is 6.38. The second-order valence-electron chi connectivity index (χ2n) is 8.62. The van der Waals surface area contributed by atoms with Gasteiger partial charge in [0.2, 0.25) is 5.91 Å². The molecule has 0 radical (unpaired) electrons. The summed E-state index contributed by atoms with van der Waals surface area (Å²) in [5.41, 5.74) is 3.17. The molecule has 4 rings (SSSR count). The van der Waals surface area contributed by atoms with Crippen LogP contribution in [-0.4, -0.2) is 60.5 Å². The maximum absolute atomic E-state index is 13.3. The number of carbonyl (C=O) groups is 3. The van der Waals surface area contributed by atoms with Gasteiger partial charge in [0.25, 0.3) is 5.91 Å². The molecule has 184 valence electrons. The van der Waals surface area contributed by atoms with Crippen LogP contribution in [0.15, 0.2) is 59.8 Å². The number of ether oxygens (including phenoxy) is 2. The van der Waals surface area contributed by atoms with E-state index in [0.29, 0.717) is 48.2 Å². The van der Waals surface area contributed by atoms with Crippen molar-refractivity contribution in [1.29, 1.82) is 0 Å². The first-order valence-electron chi connectivity index (χ1n) is 11.8. The van der Waals surface area contributed by atoms with Crippen molar-refractivity contribution in [1.82, 2.24) is 9.80 Å². The van der Waals surface area contributed by atoms with Crippen LogP contribution in [0.3, 0.4) is 0 Å². The molecule has 0 N–H and O–H groups in total. The van der Waals surface area contributed by atoms with Gasteiger partial charge in [-0.3, -0.25) is 9.59 Å². The fourth-order valence-electron chi connectivity index (χ4n) is 4.62. The van der Waals surface area contributed by atoms with Crippen molar-refractivity contribution in [3.05, 3.63) is 81.5 Å². The Balaban J connectivity index is 1.64. The predicted octanol–water partition coefficient (Wildman–Crippen LogP) is 4.17. The third kappa shape index (κ3) is 5.57. The van der Waals surface area contributed by atoms with E-state index in [-0.39, 0.29) is 31.4 Å². The Morgan fingerprint density at radius 1 is 1.11 bits per heavy atom. The lowest BCUT2D eigenvalue weighted by Crippen LogP contribution is -2.40. The van der Waals surface area contributed by atoms with Gasteiger partial charge in [0, 0.05) is 41.7 Å². The van der Waals surface area contributed by atoms with Crippen LogP contribution in [0.1, 0.15) is 47.7 Å². The summed E-state index contributed by atoms with van der Waals surface area (Å²) in [6.07, 6.45) is 0.123. The van der Waals surface area contributed by atoms with E-state index in [1.807, 2.05) is 30.3 Å². The van der Waals surface area contributed by atoms with Crippen molar-refractivity contribution < 1.29 is 23.9 Å². The van der Waals surface area contributed by atoms with Gasteiger partial charge in [-0.25, -0.2) is 4.79 Å². The third-order valence-corrected chi connectivity index (χ3v) is 6.62. The van der Waals surface area contributed by atoms with Gasteiger partial charge in [0.15, 0.2) is 0 Å². The molecular weight excluding hydrogens is 468 g/mol. The molecule has 1 fully saturated rings. The summed E-state index contributed by atoms with van der Waals surface area (Å²) < 4.78 is 10.7. The largest absolute Gasteiger partial charge is 0.463 e. The Bertz CT molecular complexity index is 1160. The zero-order valence-corrected chi connectivity index (χ0v) is 20.7. The summed E-state index contributed by atoms with van der Waals surface area (Å²) in [4.78, 5) is 42.6. The van der Waals surface area contributed by atoms with E-state index in [1.54, 1.807) is 41.8 Å². The van der Waals surface area contributed by atoms with E-state index in [2.05, 4.69) is 0 Å². The lowest BCUT2D eigenvalue weighted by Gasteiger charge is -2.34. The van der Waals surface area contributed by atoms with Crippen LogP contribution in [-0.2, 0) is 25.6 Å². The molecule has 2 aliphatic rings. The molecular formula is C27H29ClN2O5. The Labute approximate surface area is 210 Å². The molecule has 35 heavy (non-hydrogen) atoms. The SMILES string of the molecule is CCOC(=O)C1=C(C)N(Cc2cccc(C(=O)N3CCOCC3)c2)C(=O)CC1c1cccc(Cl)c1. The van der Waals surface area contributed by atoms with Crippen molar-refractivity contribution in [2.45, 2.75) is 32.7 Å². The second kappa shape index (κ2) is 11.1. The Morgan fingerprint density at radius 3 is 2.57 bits per heavy atom. The average Bonchev–Trinajstić information content (AvgIpc) is 2.86. The summed E-state index contributed by atoms with van der Waals surface area (Å²) in [5.74, 6) is -1.04. The van der Waals surface area contributed by atoms with Crippen LogP contribution >= 0.6 is 11.6 Å². The number of nitrogens with zero attached hydrogens (tertiary/aromatic N) is 2. The van der Waals surface area contributed by atoms with Crippen molar-refractivity contribution in [2.75, 3.05) is 32.9 Å². The van der Waals surface area contributed by atoms with Gasteiger partial charge in [-0.1, -0.05) is 35.9 Å². The molecule has 1 unspecified atom stereocenters. The first kappa shape index (κ1) is 24.9. The maximum Gasteiger partial charge on any atom is 0.336 e. The molecule has 0 saturated carbocycles. The lowest BCUT2D eigenvalue weighted by atomic mass is 9.83. The summed E-state index contributed by atoms with van der Waals surface area (Å²) in [6.45, 7) is 6.18. The fourth-order valence-corrected chi connectivity index (χ4v) is 4.82. The number of allylic oxidation sites excluding steroid dienone is 1. The zero-order valence-electron chi connectivity index (χ0n) is 20.0. The fraction of sp³-hybridized carbons (Fsp3) is 0.370. The highest BCUT2D eigenvalue weighted by atomic mass is 35.5. The molecule has 1 atom stereocenters. The average molecular weight is 497 g/mol. The van der Waals surface area contributed by atoms with Crippen molar-refractivity contribution in [3.8, 4) is 0 Å². The molecule has 2 heterocycles. The molecule has 1 saturated heterocycles. The smallest absolute Gasteiger partial charge is 0.336 e. The number of hydrogen-bond donors (Lipinski definition) is 0. The van der Waals surface area contributed by atoms with Gasteiger partial charge in [-0.2, -0.15) is 0 Å². The van der Waals surface area contributed by atoms with E-state index in [4.69, 9.17) is 21.1 Å². The molecule has 2 aromatic carbocycles. The van der Waals surface area contributed by atoms with Crippen molar-refractivity contribution >= 4 is 29.4 Å². The van der Waals surface area contributed by atoms with Crippen LogP contribution < -0.4 is 0 Å². The highest BCUT2D eigenvalue weighted by molar-refractivity contribution is 6.30. The van der Waals surface area contributed by atoms with E-state index >= 15 is 0 Å². The lowest BCUT2D eigenvalue weighted by molar-refractivity contribution is -0.140. The van der Waals surface area contributed by atoms with E-state index in [9.17, 15) is 14.4 Å². The number of carbonyl (C=O) groups excluding carboxylic acids is 3. The molecule has 0 aliphatic carbocycles. The second-order valence-corrected chi connectivity index (χ2v) is 9.05. The van der Waals surface area contributed by atoms with Crippen molar-refractivity contribution in [3.63, 3.8) is 0 Å². The zero-order chi connectivity index (χ0) is 24.9. The minimum atomic E-state index is -0.441. The summed E-state index contributed by atoms with van der Waals surface area (Å²) >= 11 is 6.19. The Kier molecular flexibility index (Phi) is 7.88. The highest BCUT2D eigenvalue weighted by Gasteiger charge is 2.37. The quantitative estimate of drug-likeness (QED) is 0.561. The standard InChI is InChI=1S/C27H29ClN2O5/c1-3-35-27(33)25-18(2)30(24(31)16-23(25)20-7-5-9-22(28)15-20)17-19-6-4-8-21(14-19)26(32)29-10-12-34-13-11-29/h4-9,14-15,23H,3,10-13,16-17H2,1-2H3. The first-order chi connectivity index (χ1) is 16.9. The van der Waals surface area contributed by atoms with Crippen LogP contribution in [0.5, 0.6) is 0 Å². The minimum absolute atomic E-state index is 0.0550. The predicted molar refractivity (Wildman–Crippen MR) is 132 cm³/mol. The Hall–Kier alpha value is -3.16. The normalized spacial score (nSPS) is 18.6. The molecule has 7 nitrogen and oxygen atoms in total. The summed E-state index contributed by atoms with van der Waals surface area (Å²) in [6, 6.07) is 14.5. The van der Waals surface area contributed by atoms with Gasteiger partial charge in [-0.15, -0.1) is 0 Å². The number of morpholine rings is 1. The topological polar surface area (TPSA) is 76.2 Å². The summed E-state index contributed by atoms with van der Waals surface area (Å²) in [7, 11) is 0. The monoisotopic (exact) mass is 496 g/mol. The number of amides is 2. The molecule has 2 amide bonds. The number of rotatable bonds is 6. The van der Waals surface area contributed by atoms with Crippen LogP contribution in [0.2, 0.25) is 5.02 Å². The van der Waals surface area contributed by atoms with Gasteiger partial charge >= 0.3 is 5.97 Å². The minimum Gasteiger partial charge on any atom is -0.463 e. The van der Waals surface area contributed by atoms with E-state index in [1.165, 1.54) is 0 Å². The molecule has 0 bridgehead atoms. The number of benzene rings is 2. The van der Waals surface area contributed by atoms with E-state index < -0.39 is 11.9 Å². The van der Waals surface area contributed by atoms with Crippen LogP contribution in [0.25, 0.3) is 0 Å². The molecule has 0 aromatic heterocycles. The van der Waals surface area contributed by atoms with Gasteiger partial charge < -0.3 is 19.3 Å². The summed E-state index contributed by atoms with van der Waals surface area (Å²) in [5, 5.41) is 0.542. The molecule has 8 heteroatoms. The first-order valence-corrected chi connectivity index (χ1v) is 12.2. The maximum atomic E-state index is 13.3. The Morgan fingerprint density at radius 2 is 1.86 bits per heavy atom. The van der Waals surface area contributed by atoms with Crippen molar-refractivity contribution in [2.24, 2.45) is 0 Å². The molecule has 2 aromatic rings. The van der Waals surface area contributed by atoms with E-state index in [0.717, 1.165) is 11.1 Å². The van der Waals surface area contributed by atoms with Gasteiger partial charge in [0.05, 0.1) is 31.9 Å². The van der Waals surface area contributed by atoms with Gasteiger partial charge in [0.1, 0.15) is 0 Å². The molecule has 0 spiro atoms. The highest BCUT2D eigenvalue weighted by Crippen LogP contribution is 2.38. The number of halogens is 1. The van der Waals surface area contributed by atoms with Crippen LogP contribution in [0.4, 0.5) is 0 Å². The van der Waals surface area contributed by atoms with Crippen LogP contribution in [0, 0.1) is 0 Å². The molecule has 2 aliphatic heterocycles.